The second kappa shape index (κ2) is 7.33. The molecular formula is C22H21NO5S. The second-order valence-electron chi connectivity index (χ2n) is 6.67. The monoisotopic (exact) mass is 411 g/mol. The lowest BCUT2D eigenvalue weighted by Gasteiger charge is -2.15. The topological polar surface area (TPSA) is 73.9 Å². The molecule has 0 fully saturated rings. The molecule has 0 aromatic heterocycles. The van der Waals surface area contributed by atoms with Crippen LogP contribution in [0.3, 0.4) is 0 Å². The average Bonchev–Trinajstić information content (AvgIpc) is 3.10. The van der Waals surface area contributed by atoms with Crippen LogP contribution in [0.2, 0.25) is 0 Å². The highest BCUT2D eigenvalue weighted by Gasteiger charge is 2.23. The third kappa shape index (κ3) is 3.38. The average molecular weight is 411 g/mol. The van der Waals surface area contributed by atoms with Crippen LogP contribution < -0.4 is 18.9 Å². The van der Waals surface area contributed by atoms with Crippen LogP contribution in [0.4, 0.5) is 5.69 Å². The Labute approximate surface area is 170 Å². The Hall–Kier alpha value is -3.19. The van der Waals surface area contributed by atoms with Crippen LogP contribution in [0.1, 0.15) is 11.1 Å². The lowest BCUT2D eigenvalue weighted by atomic mass is 10.1. The SMILES string of the molecule is COc1cc(NS(=O)(=O)c2ccc3c(c2)Cc2ccccc2-3)cc(OC)c1OC. The van der Waals surface area contributed by atoms with E-state index < -0.39 is 10.0 Å². The molecule has 1 aliphatic rings. The molecule has 0 bridgehead atoms. The largest absolute Gasteiger partial charge is 0.493 e. The molecular weight excluding hydrogens is 390 g/mol. The number of benzene rings is 3. The van der Waals surface area contributed by atoms with E-state index in [1.165, 1.54) is 26.9 Å². The third-order valence-electron chi connectivity index (χ3n) is 4.99. The Kier molecular flexibility index (Phi) is 4.84. The summed E-state index contributed by atoms with van der Waals surface area (Å²) in [5, 5.41) is 0. The van der Waals surface area contributed by atoms with E-state index >= 15 is 0 Å². The molecule has 0 unspecified atom stereocenters. The van der Waals surface area contributed by atoms with Crippen LogP contribution in [0.15, 0.2) is 59.5 Å². The van der Waals surface area contributed by atoms with Crippen molar-refractivity contribution in [3.8, 4) is 28.4 Å². The zero-order chi connectivity index (χ0) is 20.6. The number of sulfonamides is 1. The fourth-order valence-electron chi connectivity index (χ4n) is 3.64. The Morgan fingerprint density at radius 1 is 0.793 bits per heavy atom. The fourth-order valence-corrected chi connectivity index (χ4v) is 4.73. The van der Waals surface area contributed by atoms with Gasteiger partial charge in [0.1, 0.15) is 0 Å². The molecule has 0 spiro atoms. The van der Waals surface area contributed by atoms with Gasteiger partial charge in [-0.1, -0.05) is 30.3 Å². The van der Waals surface area contributed by atoms with Crippen molar-refractivity contribution >= 4 is 15.7 Å². The standard InChI is InChI=1S/C22H21NO5S/c1-26-20-12-16(13-21(27-2)22(20)28-3)23-29(24,25)17-8-9-19-15(11-17)10-14-6-4-5-7-18(14)19/h4-9,11-13,23H,10H2,1-3H3. The van der Waals surface area contributed by atoms with Crippen molar-refractivity contribution in [3.63, 3.8) is 0 Å². The van der Waals surface area contributed by atoms with Gasteiger partial charge in [0.2, 0.25) is 5.75 Å². The number of rotatable bonds is 6. The Balaban J connectivity index is 1.68. The summed E-state index contributed by atoms with van der Waals surface area (Å²) in [6.45, 7) is 0. The van der Waals surface area contributed by atoms with Gasteiger partial charge < -0.3 is 14.2 Å². The van der Waals surface area contributed by atoms with Crippen LogP contribution in [-0.4, -0.2) is 29.7 Å². The van der Waals surface area contributed by atoms with Gasteiger partial charge in [0.15, 0.2) is 11.5 Å². The third-order valence-corrected chi connectivity index (χ3v) is 6.37. The maximum Gasteiger partial charge on any atom is 0.261 e. The maximum atomic E-state index is 13.0. The molecule has 0 saturated carbocycles. The zero-order valence-electron chi connectivity index (χ0n) is 16.4. The van der Waals surface area contributed by atoms with Gasteiger partial charge >= 0.3 is 0 Å². The predicted molar refractivity (Wildman–Crippen MR) is 112 cm³/mol. The number of hydrogen-bond donors (Lipinski definition) is 1. The number of nitrogens with one attached hydrogen (secondary N) is 1. The van der Waals surface area contributed by atoms with Crippen molar-refractivity contribution in [1.82, 2.24) is 0 Å². The molecule has 1 aliphatic carbocycles. The lowest BCUT2D eigenvalue weighted by molar-refractivity contribution is 0.325. The number of ether oxygens (including phenoxy) is 3. The summed E-state index contributed by atoms with van der Waals surface area (Å²) in [4.78, 5) is 0.206. The van der Waals surface area contributed by atoms with Gasteiger partial charge in [0.05, 0.1) is 31.9 Å². The van der Waals surface area contributed by atoms with E-state index in [-0.39, 0.29) is 4.90 Å². The van der Waals surface area contributed by atoms with Crippen LogP contribution >= 0.6 is 0 Å². The first-order valence-electron chi connectivity index (χ1n) is 9.01. The van der Waals surface area contributed by atoms with Crippen molar-refractivity contribution in [2.45, 2.75) is 11.3 Å². The van der Waals surface area contributed by atoms with Crippen molar-refractivity contribution in [1.29, 1.82) is 0 Å². The van der Waals surface area contributed by atoms with Gasteiger partial charge in [0, 0.05) is 12.1 Å². The molecule has 0 aliphatic heterocycles. The van der Waals surface area contributed by atoms with Gasteiger partial charge in [-0.15, -0.1) is 0 Å². The molecule has 3 aromatic carbocycles. The molecule has 4 rings (SSSR count). The Bertz CT molecular complexity index is 1160. The minimum atomic E-state index is -3.79. The molecule has 7 heteroatoms. The van der Waals surface area contributed by atoms with E-state index in [1.54, 1.807) is 24.3 Å². The van der Waals surface area contributed by atoms with Gasteiger partial charge in [0.25, 0.3) is 10.0 Å². The molecule has 0 saturated heterocycles. The summed E-state index contributed by atoms with van der Waals surface area (Å²) >= 11 is 0. The Morgan fingerprint density at radius 3 is 2.10 bits per heavy atom. The smallest absolute Gasteiger partial charge is 0.261 e. The highest BCUT2D eigenvalue weighted by molar-refractivity contribution is 7.92. The first-order valence-corrected chi connectivity index (χ1v) is 10.5. The Morgan fingerprint density at radius 2 is 1.45 bits per heavy atom. The van der Waals surface area contributed by atoms with E-state index in [0.29, 0.717) is 22.9 Å². The molecule has 0 heterocycles. The van der Waals surface area contributed by atoms with E-state index in [2.05, 4.69) is 16.9 Å². The van der Waals surface area contributed by atoms with E-state index in [4.69, 9.17) is 14.2 Å². The molecule has 6 nitrogen and oxygen atoms in total. The predicted octanol–water partition coefficient (Wildman–Crippen LogP) is 4.08. The summed E-state index contributed by atoms with van der Waals surface area (Å²) < 4.78 is 44.5. The summed E-state index contributed by atoms with van der Waals surface area (Å²) in [5.41, 5.74) is 4.76. The van der Waals surface area contributed by atoms with Crippen molar-refractivity contribution in [2.24, 2.45) is 0 Å². The van der Waals surface area contributed by atoms with Crippen LogP contribution in [0.25, 0.3) is 11.1 Å². The maximum absolute atomic E-state index is 13.0. The summed E-state index contributed by atoms with van der Waals surface area (Å²) in [6, 6.07) is 16.5. The number of hydrogen-bond acceptors (Lipinski definition) is 5. The quantitative estimate of drug-likeness (QED) is 0.517. The van der Waals surface area contributed by atoms with E-state index in [0.717, 1.165) is 23.1 Å². The van der Waals surface area contributed by atoms with Crippen molar-refractivity contribution < 1.29 is 22.6 Å². The normalized spacial score (nSPS) is 12.1. The summed E-state index contributed by atoms with van der Waals surface area (Å²) in [7, 11) is 0.659. The van der Waals surface area contributed by atoms with Crippen molar-refractivity contribution in [3.05, 3.63) is 65.7 Å². The molecule has 1 N–H and O–H groups in total. The fraction of sp³-hybridized carbons (Fsp3) is 0.182. The molecule has 150 valence electrons. The molecule has 0 radical (unpaired) electrons. The van der Waals surface area contributed by atoms with Crippen LogP contribution in [-0.2, 0) is 16.4 Å². The number of methoxy groups -OCH3 is 3. The summed E-state index contributed by atoms with van der Waals surface area (Å²) in [6.07, 6.45) is 0.721. The first kappa shape index (κ1) is 19.1. The van der Waals surface area contributed by atoms with Crippen molar-refractivity contribution in [2.75, 3.05) is 26.1 Å². The lowest BCUT2D eigenvalue weighted by Crippen LogP contribution is -2.13. The van der Waals surface area contributed by atoms with Gasteiger partial charge in [-0.2, -0.15) is 0 Å². The minimum Gasteiger partial charge on any atom is -0.493 e. The highest BCUT2D eigenvalue weighted by atomic mass is 32.2. The number of anilines is 1. The zero-order valence-corrected chi connectivity index (χ0v) is 17.2. The second-order valence-corrected chi connectivity index (χ2v) is 8.35. The van der Waals surface area contributed by atoms with Crippen LogP contribution in [0, 0.1) is 0 Å². The summed E-state index contributed by atoms with van der Waals surface area (Å²) in [5.74, 6) is 1.14. The van der Waals surface area contributed by atoms with Gasteiger partial charge in [-0.05, 0) is 40.8 Å². The van der Waals surface area contributed by atoms with Gasteiger partial charge in [-0.3, -0.25) is 4.72 Å². The highest BCUT2D eigenvalue weighted by Crippen LogP contribution is 2.41. The molecule has 29 heavy (non-hydrogen) atoms. The number of fused-ring (bicyclic) bond motifs is 3. The first-order chi connectivity index (χ1) is 14.0. The minimum absolute atomic E-state index is 0.206. The van der Waals surface area contributed by atoms with Gasteiger partial charge in [-0.25, -0.2) is 8.42 Å². The molecule has 3 aromatic rings. The van der Waals surface area contributed by atoms with E-state index in [9.17, 15) is 8.42 Å². The van der Waals surface area contributed by atoms with E-state index in [1.807, 2.05) is 18.2 Å². The van der Waals surface area contributed by atoms with Crippen LogP contribution in [0.5, 0.6) is 17.2 Å². The molecule has 0 atom stereocenters. The molecule has 0 amide bonds.